The van der Waals surface area contributed by atoms with Gasteiger partial charge in [0.15, 0.2) is 5.43 Å². The number of hydrogen-bond donors (Lipinski definition) is 0. The Morgan fingerprint density at radius 2 is 2.10 bits per heavy atom. The van der Waals surface area contributed by atoms with Gasteiger partial charge in [0.2, 0.25) is 0 Å². The summed E-state index contributed by atoms with van der Waals surface area (Å²) in [4.78, 5) is 12.8. The van der Waals surface area contributed by atoms with E-state index in [-0.39, 0.29) is 5.43 Å². The van der Waals surface area contributed by atoms with Crippen LogP contribution in [0.5, 0.6) is 0 Å². The van der Waals surface area contributed by atoms with Crippen LogP contribution in [0.3, 0.4) is 0 Å². The number of aromatic nitrogens is 1. The molecule has 3 heteroatoms. The van der Waals surface area contributed by atoms with Gasteiger partial charge in [0.1, 0.15) is 0 Å². The molecule has 3 rings (SSSR count). The maximum absolute atomic E-state index is 12.8. The smallest absolute Gasteiger partial charge is 0.192 e. The normalized spacial score (nSPS) is 15.3. The second kappa shape index (κ2) is 6.18. The van der Waals surface area contributed by atoms with Gasteiger partial charge in [-0.3, -0.25) is 4.79 Å². The van der Waals surface area contributed by atoms with Crippen LogP contribution in [0.1, 0.15) is 36.3 Å². The standard InChI is InChI=1S/C18H18INO/c1-20-11-16(14-5-3-6-14)18(21)17(12-20)15-7-2-4-13(10-15)8-9-19/h2,4,7-12,14H,3,5-6H2,1H3/b9-8+. The predicted octanol–water partition coefficient (Wildman–Crippen LogP) is 4.73. The highest BCUT2D eigenvalue weighted by molar-refractivity contribution is 14.1. The molecule has 0 N–H and O–H groups in total. The topological polar surface area (TPSA) is 22.0 Å². The summed E-state index contributed by atoms with van der Waals surface area (Å²) in [5.74, 6) is 0.459. The Bertz CT molecular complexity index is 741. The van der Waals surface area contributed by atoms with E-state index in [0.29, 0.717) is 5.92 Å². The third-order valence-corrected chi connectivity index (χ3v) is 4.54. The first-order valence-electron chi connectivity index (χ1n) is 7.26. The van der Waals surface area contributed by atoms with Crippen molar-refractivity contribution in [3.05, 3.63) is 62.1 Å². The van der Waals surface area contributed by atoms with Gasteiger partial charge in [-0.25, -0.2) is 0 Å². The number of aryl methyl sites for hydroxylation is 1. The minimum Gasteiger partial charge on any atom is -0.356 e. The van der Waals surface area contributed by atoms with Crippen LogP contribution in [-0.4, -0.2) is 4.57 Å². The molecule has 0 unspecified atom stereocenters. The molecule has 0 atom stereocenters. The molecule has 1 heterocycles. The molecule has 2 aromatic rings. The average Bonchev–Trinajstić information content (AvgIpc) is 2.41. The van der Waals surface area contributed by atoms with Gasteiger partial charge >= 0.3 is 0 Å². The monoisotopic (exact) mass is 391 g/mol. The van der Waals surface area contributed by atoms with E-state index in [0.717, 1.165) is 35.1 Å². The van der Waals surface area contributed by atoms with Crippen LogP contribution in [0.2, 0.25) is 0 Å². The lowest BCUT2D eigenvalue weighted by Crippen LogP contribution is -2.21. The fourth-order valence-electron chi connectivity index (χ4n) is 2.83. The highest BCUT2D eigenvalue weighted by atomic mass is 127. The summed E-state index contributed by atoms with van der Waals surface area (Å²) in [6.07, 6.45) is 9.53. The van der Waals surface area contributed by atoms with E-state index in [1.165, 1.54) is 6.42 Å². The number of benzene rings is 1. The first-order chi connectivity index (χ1) is 10.2. The highest BCUT2D eigenvalue weighted by Crippen LogP contribution is 2.35. The Kier molecular flexibility index (Phi) is 4.29. The van der Waals surface area contributed by atoms with Crippen molar-refractivity contribution in [1.82, 2.24) is 4.57 Å². The molecule has 0 bridgehead atoms. The molecule has 108 valence electrons. The van der Waals surface area contributed by atoms with Crippen LogP contribution in [0.25, 0.3) is 17.2 Å². The largest absolute Gasteiger partial charge is 0.356 e. The molecule has 0 radical (unpaired) electrons. The van der Waals surface area contributed by atoms with Crippen LogP contribution in [0.15, 0.2) is 45.5 Å². The number of rotatable bonds is 3. The lowest BCUT2D eigenvalue weighted by Gasteiger charge is -2.26. The second-order valence-electron chi connectivity index (χ2n) is 5.67. The Balaban J connectivity index is 2.11. The van der Waals surface area contributed by atoms with Crippen LogP contribution >= 0.6 is 22.6 Å². The molecule has 21 heavy (non-hydrogen) atoms. The van der Waals surface area contributed by atoms with Gasteiger partial charge in [-0.05, 0) is 46.1 Å². The zero-order valence-electron chi connectivity index (χ0n) is 12.1. The SMILES string of the molecule is Cn1cc(-c2cccc(/C=C/I)c2)c(=O)c(C2CCC2)c1. The van der Waals surface area contributed by atoms with Crippen molar-refractivity contribution in [2.24, 2.45) is 7.05 Å². The maximum atomic E-state index is 12.8. The number of hydrogen-bond acceptors (Lipinski definition) is 1. The van der Waals surface area contributed by atoms with E-state index < -0.39 is 0 Å². The van der Waals surface area contributed by atoms with E-state index in [1.54, 1.807) is 0 Å². The molecule has 1 saturated carbocycles. The molecule has 0 aliphatic heterocycles. The Labute approximate surface area is 138 Å². The van der Waals surface area contributed by atoms with Gasteiger partial charge in [0, 0.05) is 30.6 Å². The van der Waals surface area contributed by atoms with Crippen molar-refractivity contribution in [3.63, 3.8) is 0 Å². The summed E-state index contributed by atoms with van der Waals surface area (Å²) in [5.41, 5.74) is 4.12. The van der Waals surface area contributed by atoms with Crippen LogP contribution < -0.4 is 5.43 Å². The fraction of sp³-hybridized carbons (Fsp3) is 0.278. The first kappa shape index (κ1) is 14.6. The second-order valence-corrected chi connectivity index (χ2v) is 6.39. The summed E-state index contributed by atoms with van der Waals surface area (Å²) in [5, 5.41) is 0. The van der Waals surface area contributed by atoms with Crippen molar-refractivity contribution in [2.45, 2.75) is 25.2 Å². The number of pyridine rings is 1. The first-order valence-corrected chi connectivity index (χ1v) is 8.51. The molecule has 2 nitrogen and oxygen atoms in total. The third kappa shape index (κ3) is 2.98. The van der Waals surface area contributed by atoms with Crippen molar-refractivity contribution in [3.8, 4) is 11.1 Å². The van der Waals surface area contributed by atoms with Crippen molar-refractivity contribution >= 4 is 28.7 Å². The van der Waals surface area contributed by atoms with Crippen LogP contribution in [0.4, 0.5) is 0 Å². The summed E-state index contributed by atoms with van der Waals surface area (Å²) in [6.45, 7) is 0. The summed E-state index contributed by atoms with van der Waals surface area (Å²) >= 11 is 2.21. The summed E-state index contributed by atoms with van der Waals surface area (Å²) in [6, 6.07) is 8.16. The zero-order valence-corrected chi connectivity index (χ0v) is 14.2. The van der Waals surface area contributed by atoms with Crippen LogP contribution in [-0.2, 0) is 7.05 Å². The summed E-state index contributed by atoms with van der Waals surface area (Å²) < 4.78 is 4.00. The zero-order chi connectivity index (χ0) is 14.8. The van der Waals surface area contributed by atoms with Gasteiger partial charge in [-0.2, -0.15) is 0 Å². The number of halogens is 1. The van der Waals surface area contributed by atoms with E-state index in [2.05, 4.69) is 34.7 Å². The molecular weight excluding hydrogens is 373 g/mol. The van der Waals surface area contributed by atoms with E-state index in [1.807, 2.05) is 46.3 Å². The van der Waals surface area contributed by atoms with Crippen molar-refractivity contribution in [1.29, 1.82) is 0 Å². The molecule has 0 amide bonds. The molecule has 0 saturated heterocycles. The Morgan fingerprint density at radius 3 is 2.76 bits per heavy atom. The van der Waals surface area contributed by atoms with Gasteiger partial charge in [0.05, 0.1) is 0 Å². The molecule has 0 spiro atoms. The lowest BCUT2D eigenvalue weighted by molar-refractivity contribution is 0.415. The Hall–Kier alpha value is -1.36. The molecule has 1 aromatic heterocycles. The lowest BCUT2D eigenvalue weighted by atomic mass is 9.80. The predicted molar refractivity (Wildman–Crippen MR) is 96.8 cm³/mol. The molecule has 1 aliphatic carbocycles. The average molecular weight is 391 g/mol. The minimum absolute atomic E-state index is 0.202. The fourth-order valence-corrected chi connectivity index (χ4v) is 3.25. The molecular formula is C18H18INO. The molecule has 1 aliphatic rings. The summed E-state index contributed by atoms with van der Waals surface area (Å²) in [7, 11) is 2.00. The van der Waals surface area contributed by atoms with E-state index >= 15 is 0 Å². The third-order valence-electron chi connectivity index (χ3n) is 4.18. The quantitative estimate of drug-likeness (QED) is 0.694. The van der Waals surface area contributed by atoms with Gasteiger partial charge < -0.3 is 4.57 Å². The minimum atomic E-state index is 0.202. The highest BCUT2D eigenvalue weighted by Gasteiger charge is 2.23. The van der Waals surface area contributed by atoms with Crippen molar-refractivity contribution in [2.75, 3.05) is 0 Å². The van der Waals surface area contributed by atoms with E-state index in [4.69, 9.17) is 0 Å². The number of nitrogens with zero attached hydrogens (tertiary/aromatic N) is 1. The Morgan fingerprint density at radius 1 is 1.29 bits per heavy atom. The molecule has 1 fully saturated rings. The maximum Gasteiger partial charge on any atom is 0.192 e. The molecule has 1 aromatic carbocycles. The van der Waals surface area contributed by atoms with E-state index in [9.17, 15) is 4.79 Å². The van der Waals surface area contributed by atoms with Gasteiger partial charge in [0.25, 0.3) is 0 Å². The van der Waals surface area contributed by atoms with Crippen molar-refractivity contribution < 1.29 is 0 Å². The van der Waals surface area contributed by atoms with Crippen LogP contribution in [0, 0.1) is 0 Å². The van der Waals surface area contributed by atoms with Gasteiger partial charge in [-0.1, -0.05) is 47.2 Å². The van der Waals surface area contributed by atoms with Gasteiger partial charge in [-0.15, -0.1) is 0 Å².